The van der Waals surface area contributed by atoms with Gasteiger partial charge in [0.25, 0.3) is 5.91 Å². The topological polar surface area (TPSA) is 59.2 Å². The van der Waals surface area contributed by atoms with Crippen LogP contribution in [0.1, 0.15) is 29.6 Å². The number of fused-ring (bicyclic) bond motifs is 1. The van der Waals surface area contributed by atoms with Crippen molar-refractivity contribution in [1.82, 2.24) is 9.88 Å². The number of amides is 1. The molecule has 1 aliphatic carbocycles. The van der Waals surface area contributed by atoms with Gasteiger partial charge in [0, 0.05) is 24.8 Å². The van der Waals surface area contributed by atoms with Crippen molar-refractivity contribution in [2.24, 2.45) is 11.7 Å². The smallest absolute Gasteiger partial charge is 0.258 e. The molecule has 2 atom stereocenters. The van der Waals surface area contributed by atoms with Crippen LogP contribution in [0.4, 0.5) is 4.39 Å². The molecule has 2 fully saturated rings. The van der Waals surface area contributed by atoms with Gasteiger partial charge >= 0.3 is 0 Å². The Balaban J connectivity index is 1.86. The number of pyridine rings is 1. The number of carbonyl (C=O) groups is 1. The first kappa shape index (κ1) is 13.0. The summed E-state index contributed by atoms with van der Waals surface area (Å²) in [6.45, 7) is 1.15. The lowest BCUT2D eigenvalue weighted by molar-refractivity contribution is 0.0772. The second-order valence-electron chi connectivity index (χ2n) is 5.49. The molecule has 102 valence electrons. The van der Waals surface area contributed by atoms with Gasteiger partial charge in [-0.1, -0.05) is 6.42 Å². The van der Waals surface area contributed by atoms with Crippen LogP contribution in [0.15, 0.2) is 16.9 Å². The fourth-order valence-corrected chi connectivity index (χ4v) is 3.74. The Morgan fingerprint density at radius 2 is 2.37 bits per heavy atom. The molecule has 1 aliphatic heterocycles. The van der Waals surface area contributed by atoms with E-state index in [0.29, 0.717) is 23.5 Å². The average molecular weight is 328 g/mol. The molecule has 1 saturated carbocycles. The fourth-order valence-electron chi connectivity index (χ4n) is 3.26. The number of likely N-dealkylation sites (tertiary alicyclic amines) is 1. The number of hydrogen-bond donors (Lipinski definition) is 1. The lowest BCUT2D eigenvalue weighted by atomic mass is 9.92. The van der Waals surface area contributed by atoms with E-state index in [0.717, 1.165) is 25.5 Å². The molecule has 0 spiro atoms. The normalized spacial score (nSPS) is 29.6. The number of nitrogens with zero attached hydrogens (tertiary/aromatic N) is 2. The van der Waals surface area contributed by atoms with Gasteiger partial charge in [0.15, 0.2) is 5.82 Å². The van der Waals surface area contributed by atoms with Crippen molar-refractivity contribution in [3.63, 3.8) is 0 Å². The molecular weight excluding hydrogens is 313 g/mol. The third kappa shape index (κ3) is 2.07. The third-order valence-electron chi connectivity index (χ3n) is 4.29. The first-order valence-corrected chi connectivity index (χ1v) is 7.18. The monoisotopic (exact) mass is 327 g/mol. The molecule has 6 heteroatoms. The number of aromatic nitrogens is 1. The van der Waals surface area contributed by atoms with Gasteiger partial charge in [-0.2, -0.15) is 0 Å². The number of rotatable bonds is 1. The Kier molecular flexibility index (Phi) is 3.09. The van der Waals surface area contributed by atoms with Gasteiger partial charge in [-0.25, -0.2) is 4.39 Å². The highest BCUT2D eigenvalue weighted by atomic mass is 79.9. The zero-order chi connectivity index (χ0) is 13.6. The average Bonchev–Trinajstić information content (AvgIpc) is 2.83. The number of hydrogen-bond acceptors (Lipinski definition) is 3. The molecule has 2 heterocycles. The summed E-state index contributed by atoms with van der Waals surface area (Å²) in [4.78, 5) is 17.8. The van der Waals surface area contributed by atoms with Crippen LogP contribution < -0.4 is 5.73 Å². The number of nitrogens with two attached hydrogens (primary N) is 1. The van der Waals surface area contributed by atoms with Crippen LogP contribution in [0.3, 0.4) is 0 Å². The molecule has 4 nitrogen and oxygen atoms in total. The summed E-state index contributed by atoms with van der Waals surface area (Å²) >= 11 is 3.19. The number of halogens is 2. The molecule has 0 aromatic carbocycles. The lowest BCUT2D eigenvalue weighted by Gasteiger charge is -2.23. The highest BCUT2D eigenvalue weighted by Crippen LogP contribution is 2.40. The molecule has 19 heavy (non-hydrogen) atoms. The Morgan fingerprint density at radius 3 is 3.05 bits per heavy atom. The van der Waals surface area contributed by atoms with Gasteiger partial charge in [-0.3, -0.25) is 9.78 Å². The van der Waals surface area contributed by atoms with Crippen molar-refractivity contribution < 1.29 is 9.18 Å². The van der Waals surface area contributed by atoms with E-state index < -0.39 is 5.82 Å². The Bertz CT molecular complexity index is 518. The summed E-state index contributed by atoms with van der Waals surface area (Å²) in [5, 5.41) is 0. The maximum absolute atomic E-state index is 13.8. The third-order valence-corrected chi connectivity index (χ3v) is 4.89. The van der Waals surface area contributed by atoms with Crippen LogP contribution >= 0.6 is 15.9 Å². The molecule has 0 bridgehead atoms. The van der Waals surface area contributed by atoms with Gasteiger partial charge in [-0.05, 0) is 34.7 Å². The molecule has 1 amide bonds. The highest BCUT2D eigenvalue weighted by molar-refractivity contribution is 9.10. The van der Waals surface area contributed by atoms with Crippen LogP contribution in [0.25, 0.3) is 0 Å². The zero-order valence-corrected chi connectivity index (χ0v) is 12.0. The second kappa shape index (κ2) is 4.52. The van der Waals surface area contributed by atoms with Gasteiger partial charge in [0.2, 0.25) is 0 Å². The van der Waals surface area contributed by atoms with Gasteiger partial charge in [-0.15, -0.1) is 0 Å². The quantitative estimate of drug-likeness (QED) is 0.857. The first-order valence-electron chi connectivity index (χ1n) is 6.38. The van der Waals surface area contributed by atoms with Crippen molar-refractivity contribution in [3.05, 3.63) is 28.2 Å². The van der Waals surface area contributed by atoms with E-state index in [1.807, 2.05) is 0 Å². The molecular formula is C13H15BrFN3O. The van der Waals surface area contributed by atoms with E-state index in [1.54, 1.807) is 4.90 Å². The Hall–Kier alpha value is -1.01. The van der Waals surface area contributed by atoms with E-state index in [9.17, 15) is 9.18 Å². The van der Waals surface area contributed by atoms with Crippen molar-refractivity contribution >= 4 is 21.8 Å². The Labute approximate surface area is 119 Å². The van der Waals surface area contributed by atoms with Crippen molar-refractivity contribution in [2.75, 3.05) is 13.1 Å². The van der Waals surface area contributed by atoms with Gasteiger partial charge < -0.3 is 10.6 Å². The largest absolute Gasteiger partial charge is 0.336 e. The highest BCUT2D eigenvalue weighted by Gasteiger charge is 2.48. The van der Waals surface area contributed by atoms with Crippen LogP contribution in [-0.4, -0.2) is 34.4 Å². The van der Waals surface area contributed by atoms with E-state index in [4.69, 9.17) is 5.73 Å². The minimum absolute atomic E-state index is 0.0542. The molecule has 2 aliphatic rings. The summed E-state index contributed by atoms with van der Waals surface area (Å²) in [5.74, 6) is -0.548. The van der Waals surface area contributed by atoms with E-state index in [2.05, 4.69) is 20.9 Å². The SMILES string of the molecule is NC12CCCC1CN(C(=O)c1c(F)cncc1Br)C2. The van der Waals surface area contributed by atoms with Crippen LogP contribution in [0.5, 0.6) is 0 Å². The maximum atomic E-state index is 13.8. The van der Waals surface area contributed by atoms with Crippen molar-refractivity contribution in [1.29, 1.82) is 0 Å². The predicted octanol–water partition coefficient (Wildman–Crippen LogP) is 1.94. The number of carbonyl (C=O) groups excluding carboxylic acids is 1. The molecule has 3 rings (SSSR count). The summed E-state index contributed by atoms with van der Waals surface area (Å²) in [6, 6.07) is 0. The molecule has 0 radical (unpaired) electrons. The minimum atomic E-state index is -0.595. The fraction of sp³-hybridized carbons (Fsp3) is 0.538. The summed E-state index contributed by atoms with van der Waals surface area (Å²) in [5.41, 5.74) is 6.12. The predicted molar refractivity (Wildman–Crippen MR) is 72.1 cm³/mol. The summed E-state index contributed by atoms with van der Waals surface area (Å²) in [6.07, 6.45) is 5.62. The van der Waals surface area contributed by atoms with E-state index in [1.165, 1.54) is 6.20 Å². The van der Waals surface area contributed by atoms with Crippen molar-refractivity contribution in [2.45, 2.75) is 24.8 Å². The Morgan fingerprint density at radius 1 is 1.58 bits per heavy atom. The van der Waals surface area contributed by atoms with E-state index >= 15 is 0 Å². The van der Waals surface area contributed by atoms with E-state index in [-0.39, 0.29) is 17.0 Å². The van der Waals surface area contributed by atoms with Crippen molar-refractivity contribution in [3.8, 4) is 0 Å². The van der Waals surface area contributed by atoms with Crippen LogP contribution in [-0.2, 0) is 0 Å². The minimum Gasteiger partial charge on any atom is -0.336 e. The van der Waals surface area contributed by atoms with Crippen LogP contribution in [0, 0.1) is 11.7 Å². The summed E-state index contributed by atoms with van der Waals surface area (Å²) < 4.78 is 14.2. The van der Waals surface area contributed by atoms with Gasteiger partial charge in [0.1, 0.15) is 0 Å². The molecule has 1 saturated heterocycles. The second-order valence-corrected chi connectivity index (χ2v) is 6.34. The zero-order valence-electron chi connectivity index (χ0n) is 10.4. The summed E-state index contributed by atoms with van der Waals surface area (Å²) in [7, 11) is 0. The molecule has 1 aromatic rings. The molecule has 2 N–H and O–H groups in total. The first-order chi connectivity index (χ1) is 9.01. The maximum Gasteiger partial charge on any atom is 0.258 e. The molecule has 2 unspecified atom stereocenters. The van der Waals surface area contributed by atoms with Gasteiger partial charge in [0.05, 0.1) is 16.2 Å². The lowest BCUT2D eigenvalue weighted by Crippen LogP contribution is -2.45. The molecule has 1 aromatic heterocycles. The standard InChI is InChI=1S/C13H15BrFN3O/c14-9-4-17-5-10(15)11(9)12(19)18-6-8-2-1-3-13(8,16)7-18/h4-5,8H,1-3,6-7,16H2. The van der Waals surface area contributed by atoms with Crippen LogP contribution in [0.2, 0.25) is 0 Å².